The van der Waals surface area contributed by atoms with E-state index in [0.717, 1.165) is 5.75 Å². The van der Waals surface area contributed by atoms with Gasteiger partial charge in [-0.3, -0.25) is 0 Å². The standard InChI is InChI=1S/C14H29NOSSi/c1-14(2)16-18(3,4)12-10-8-6-5-7-9-11-17-13-15/h14H,5-12H2,1-4H3. The molecule has 0 radical (unpaired) electrons. The van der Waals surface area contributed by atoms with E-state index in [1.165, 1.54) is 56.3 Å². The second kappa shape index (κ2) is 10.9. The molecule has 0 amide bonds. The van der Waals surface area contributed by atoms with Crippen LogP contribution in [0.2, 0.25) is 19.1 Å². The third kappa shape index (κ3) is 12.5. The second-order valence-electron chi connectivity index (χ2n) is 5.74. The van der Waals surface area contributed by atoms with Gasteiger partial charge in [0.15, 0.2) is 8.32 Å². The predicted molar refractivity (Wildman–Crippen MR) is 84.3 cm³/mol. The summed E-state index contributed by atoms with van der Waals surface area (Å²) < 4.78 is 6.02. The number of thiocyanates is 1. The fourth-order valence-corrected chi connectivity index (χ4v) is 5.11. The van der Waals surface area contributed by atoms with Gasteiger partial charge in [-0.25, -0.2) is 0 Å². The predicted octanol–water partition coefficient (Wildman–Crippen LogP) is 5.17. The molecule has 0 spiro atoms. The Morgan fingerprint density at radius 3 is 2.17 bits per heavy atom. The van der Waals surface area contributed by atoms with Crippen molar-refractivity contribution in [1.82, 2.24) is 0 Å². The maximum Gasteiger partial charge on any atom is 0.187 e. The minimum atomic E-state index is -1.39. The van der Waals surface area contributed by atoms with Crippen LogP contribution in [0.15, 0.2) is 0 Å². The van der Waals surface area contributed by atoms with Crippen LogP contribution >= 0.6 is 11.8 Å². The number of thioether (sulfide) groups is 1. The van der Waals surface area contributed by atoms with Crippen LogP contribution in [0.1, 0.15) is 52.4 Å². The normalized spacial score (nSPS) is 11.8. The first kappa shape index (κ1) is 18.0. The van der Waals surface area contributed by atoms with Gasteiger partial charge in [-0.1, -0.05) is 32.1 Å². The van der Waals surface area contributed by atoms with Crippen molar-refractivity contribution < 1.29 is 4.43 Å². The van der Waals surface area contributed by atoms with Crippen LogP contribution in [0.25, 0.3) is 0 Å². The molecule has 0 aromatic heterocycles. The van der Waals surface area contributed by atoms with Crippen molar-refractivity contribution in [2.24, 2.45) is 0 Å². The summed E-state index contributed by atoms with van der Waals surface area (Å²) in [6, 6.07) is 1.29. The smallest absolute Gasteiger partial charge is 0.187 e. The Labute approximate surface area is 119 Å². The third-order valence-corrected chi connectivity index (χ3v) is 6.18. The van der Waals surface area contributed by atoms with E-state index in [1.807, 2.05) is 0 Å². The zero-order chi connectivity index (χ0) is 13.9. The van der Waals surface area contributed by atoms with Gasteiger partial charge < -0.3 is 4.43 Å². The van der Waals surface area contributed by atoms with Crippen LogP contribution in [0.5, 0.6) is 0 Å². The zero-order valence-corrected chi connectivity index (χ0v) is 14.3. The fourth-order valence-electron chi connectivity index (χ4n) is 2.17. The van der Waals surface area contributed by atoms with Gasteiger partial charge in [0.25, 0.3) is 0 Å². The van der Waals surface area contributed by atoms with E-state index in [4.69, 9.17) is 9.69 Å². The highest BCUT2D eigenvalue weighted by Crippen LogP contribution is 2.19. The first-order chi connectivity index (χ1) is 8.48. The minimum Gasteiger partial charge on any atom is -0.415 e. The van der Waals surface area contributed by atoms with Crippen LogP contribution < -0.4 is 0 Å². The molecule has 0 heterocycles. The molecule has 0 aromatic rings. The molecule has 0 aliphatic carbocycles. The summed E-state index contributed by atoms with van der Waals surface area (Å²) in [7, 11) is -1.39. The molecule has 0 saturated heterocycles. The van der Waals surface area contributed by atoms with Gasteiger partial charge in [0.1, 0.15) is 5.40 Å². The van der Waals surface area contributed by atoms with Crippen LogP contribution in [0.3, 0.4) is 0 Å². The zero-order valence-electron chi connectivity index (χ0n) is 12.5. The second-order valence-corrected chi connectivity index (χ2v) is 10.9. The Balaban J connectivity index is 3.32. The van der Waals surface area contributed by atoms with Crippen molar-refractivity contribution in [2.45, 2.75) is 77.6 Å². The first-order valence-electron chi connectivity index (χ1n) is 7.16. The van der Waals surface area contributed by atoms with Gasteiger partial charge in [0, 0.05) is 11.9 Å². The lowest BCUT2D eigenvalue weighted by Gasteiger charge is -2.25. The number of hydrogen-bond donors (Lipinski definition) is 0. The van der Waals surface area contributed by atoms with Crippen LogP contribution in [0.4, 0.5) is 0 Å². The lowest BCUT2D eigenvalue weighted by atomic mass is 10.1. The number of unbranched alkanes of at least 4 members (excludes halogenated alkanes) is 5. The van der Waals surface area contributed by atoms with Gasteiger partial charge in [0.2, 0.25) is 0 Å². The van der Waals surface area contributed by atoms with Crippen molar-refractivity contribution in [3.8, 4) is 5.40 Å². The maximum atomic E-state index is 8.38. The molecular weight excluding hydrogens is 258 g/mol. The Morgan fingerprint density at radius 1 is 1.06 bits per heavy atom. The molecule has 0 saturated carbocycles. The summed E-state index contributed by atoms with van der Waals surface area (Å²) in [5.41, 5.74) is 0. The summed E-state index contributed by atoms with van der Waals surface area (Å²) in [6.07, 6.45) is 8.15. The molecule has 18 heavy (non-hydrogen) atoms. The fraction of sp³-hybridized carbons (Fsp3) is 0.929. The molecule has 0 unspecified atom stereocenters. The first-order valence-corrected chi connectivity index (χ1v) is 11.3. The van der Waals surface area contributed by atoms with Crippen molar-refractivity contribution in [3.05, 3.63) is 0 Å². The van der Waals surface area contributed by atoms with Crippen molar-refractivity contribution in [3.63, 3.8) is 0 Å². The lowest BCUT2D eigenvalue weighted by Crippen LogP contribution is -2.33. The molecule has 4 heteroatoms. The molecule has 0 aliphatic heterocycles. The Morgan fingerprint density at radius 2 is 1.61 bits per heavy atom. The molecule has 0 rings (SSSR count). The lowest BCUT2D eigenvalue weighted by molar-refractivity contribution is 0.230. The summed E-state index contributed by atoms with van der Waals surface area (Å²) >= 11 is 1.38. The third-order valence-electron chi connectivity index (χ3n) is 2.89. The highest BCUT2D eigenvalue weighted by atomic mass is 32.2. The number of nitriles is 1. The van der Waals surface area contributed by atoms with E-state index in [-0.39, 0.29) is 0 Å². The minimum absolute atomic E-state index is 0.379. The van der Waals surface area contributed by atoms with Crippen LogP contribution in [0, 0.1) is 10.7 Å². The van der Waals surface area contributed by atoms with E-state index < -0.39 is 8.32 Å². The number of hydrogen-bond acceptors (Lipinski definition) is 3. The molecule has 0 aromatic carbocycles. The van der Waals surface area contributed by atoms with Gasteiger partial charge in [0.05, 0.1) is 0 Å². The Bertz CT molecular complexity index is 238. The van der Waals surface area contributed by atoms with E-state index in [0.29, 0.717) is 6.10 Å². The van der Waals surface area contributed by atoms with E-state index >= 15 is 0 Å². The summed E-state index contributed by atoms with van der Waals surface area (Å²) in [5, 5.41) is 10.5. The van der Waals surface area contributed by atoms with Crippen LogP contribution in [-0.4, -0.2) is 20.2 Å². The van der Waals surface area contributed by atoms with Gasteiger partial charge >= 0.3 is 0 Å². The molecule has 0 aliphatic rings. The van der Waals surface area contributed by atoms with Crippen molar-refractivity contribution >= 4 is 20.1 Å². The Kier molecular flexibility index (Phi) is 10.9. The Hall–Kier alpha value is 0.0169. The number of nitrogens with zero attached hydrogens (tertiary/aromatic N) is 1. The average Bonchev–Trinajstić information content (AvgIpc) is 2.25. The highest BCUT2D eigenvalue weighted by Gasteiger charge is 2.22. The molecule has 0 bridgehead atoms. The molecule has 0 N–H and O–H groups in total. The summed E-state index contributed by atoms with van der Waals surface area (Å²) in [5.74, 6) is 0.999. The number of rotatable bonds is 11. The van der Waals surface area contributed by atoms with Crippen molar-refractivity contribution in [1.29, 1.82) is 5.26 Å². The maximum absolute atomic E-state index is 8.38. The van der Waals surface area contributed by atoms with E-state index in [9.17, 15) is 0 Å². The average molecular weight is 288 g/mol. The highest BCUT2D eigenvalue weighted by molar-refractivity contribution is 8.03. The molecule has 0 fully saturated rings. The van der Waals surface area contributed by atoms with Gasteiger partial charge in [-0.15, -0.1) is 0 Å². The molecule has 2 nitrogen and oxygen atoms in total. The van der Waals surface area contributed by atoms with E-state index in [2.05, 4.69) is 32.3 Å². The quantitative estimate of drug-likeness (QED) is 0.298. The van der Waals surface area contributed by atoms with E-state index in [1.54, 1.807) is 0 Å². The SMILES string of the molecule is CC(C)O[Si](C)(C)CCCCCCCCSC#N. The molecule has 106 valence electrons. The van der Waals surface area contributed by atoms with Gasteiger partial charge in [-0.2, -0.15) is 5.26 Å². The van der Waals surface area contributed by atoms with Crippen molar-refractivity contribution in [2.75, 3.05) is 5.75 Å². The monoisotopic (exact) mass is 287 g/mol. The molecular formula is C14H29NOSSi. The molecule has 0 atom stereocenters. The topological polar surface area (TPSA) is 33.0 Å². The summed E-state index contributed by atoms with van der Waals surface area (Å²) in [6.45, 7) is 8.92. The largest absolute Gasteiger partial charge is 0.415 e. The summed E-state index contributed by atoms with van der Waals surface area (Å²) in [4.78, 5) is 0. The van der Waals surface area contributed by atoms with Gasteiger partial charge in [-0.05, 0) is 51.2 Å². The van der Waals surface area contributed by atoms with Crippen LogP contribution in [-0.2, 0) is 4.43 Å².